The van der Waals surface area contributed by atoms with Crippen molar-refractivity contribution in [1.82, 2.24) is 0 Å². The molecule has 1 aromatic carbocycles. The van der Waals surface area contributed by atoms with Gasteiger partial charge in [-0.3, -0.25) is 4.39 Å². The summed E-state index contributed by atoms with van der Waals surface area (Å²) in [5, 5.41) is 8.57. The van der Waals surface area contributed by atoms with Gasteiger partial charge >= 0.3 is 0 Å². The molecule has 0 radical (unpaired) electrons. The zero-order valence-electron chi connectivity index (χ0n) is 7.66. The molecular weight excluding hydrogens is 183 g/mol. The predicted molar refractivity (Wildman–Crippen MR) is 51.7 cm³/mol. The van der Waals surface area contributed by atoms with Gasteiger partial charge in [0.2, 0.25) is 0 Å². The van der Waals surface area contributed by atoms with E-state index in [2.05, 4.69) is 0 Å². The molecule has 0 aliphatic heterocycles. The lowest BCUT2D eigenvalue weighted by Gasteiger charge is -2.07. The van der Waals surface area contributed by atoms with Crippen LogP contribution < -0.4 is 10.5 Å². The number of rotatable bonds is 4. The smallest absolute Gasteiger partial charge is 0.142 e. The number of benzene rings is 1. The molecule has 1 aromatic rings. The highest BCUT2D eigenvalue weighted by Gasteiger charge is 2.01. The lowest BCUT2D eigenvalue weighted by molar-refractivity contribution is 0.291. The first kappa shape index (κ1) is 10.3. The molecule has 0 fully saturated rings. The minimum atomic E-state index is -0.407. The maximum Gasteiger partial charge on any atom is 0.142 e. The number of halogens is 1. The molecule has 1 rings (SSSR count). The Morgan fingerprint density at radius 2 is 2.29 bits per heavy atom. The van der Waals surface area contributed by atoms with Crippen molar-refractivity contribution >= 4 is 5.69 Å². The normalized spacial score (nSPS) is 9.43. The average Bonchev–Trinajstić information content (AvgIpc) is 2.20. The van der Waals surface area contributed by atoms with Crippen LogP contribution in [0.4, 0.5) is 10.1 Å². The quantitative estimate of drug-likeness (QED) is 0.588. The Bertz CT molecular complexity index is 346. The number of nitrogens with zero attached hydrogens (tertiary/aromatic N) is 1. The molecule has 0 heterocycles. The fourth-order valence-electron chi connectivity index (χ4n) is 0.986. The fourth-order valence-corrected chi connectivity index (χ4v) is 0.986. The average molecular weight is 194 g/mol. The summed E-state index contributed by atoms with van der Waals surface area (Å²) in [5.74, 6) is 0.498. The summed E-state index contributed by atoms with van der Waals surface area (Å²) in [5.41, 5.74) is 6.50. The lowest BCUT2D eigenvalue weighted by atomic mass is 10.2. The van der Waals surface area contributed by atoms with E-state index in [1.54, 1.807) is 12.1 Å². The largest absolute Gasteiger partial charge is 0.491 e. The van der Waals surface area contributed by atoms with Gasteiger partial charge in [0.05, 0.1) is 30.6 Å². The van der Waals surface area contributed by atoms with Gasteiger partial charge in [0.15, 0.2) is 0 Å². The molecule has 74 valence electrons. The molecular formula is C10H11FN2O. The third-order valence-electron chi connectivity index (χ3n) is 1.67. The van der Waals surface area contributed by atoms with Crippen LogP contribution in [0.1, 0.15) is 12.0 Å². The maximum absolute atomic E-state index is 11.8. The van der Waals surface area contributed by atoms with Crippen molar-refractivity contribution in [2.24, 2.45) is 0 Å². The van der Waals surface area contributed by atoms with Crippen molar-refractivity contribution in [2.45, 2.75) is 6.42 Å². The third-order valence-corrected chi connectivity index (χ3v) is 1.67. The highest BCUT2D eigenvalue weighted by atomic mass is 19.1. The van der Waals surface area contributed by atoms with E-state index in [4.69, 9.17) is 15.7 Å². The van der Waals surface area contributed by atoms with Crippen LogP contribution in [0.25, 0.3) is 0 Å². The van der Waals surface area contributed by atoms with Crippen molar-refractivity contribution < 1.29 is 9.13 Å². The van der Waals surface area contributed by atoms with E-state index in [1.165, 1.54) is 6.07 Å². The Balaban J connectivity index is 2.65. The summed E-state index contributed by atoms with van der Waals surface area (Å²) in [6, 6.07) is 6.73. The molecule has 0 amide bonds. The number of hydrogen-bond acceptors (Lipinski definition) is 3. The SMILES string of the molecule is N#Cc1ccc(OCCCF)c(N)c1. The summed E-state index contributed by atoms with van der Waals surface area (Å²) in [7, 11) is 0. The Morgan fingerprint density at radius 1 is 1.50 bits per heavy atom. The van der Waals surface area contributed by atoms with Gasteiger partial charge in [-0.1, -0.05) is 0 Å². The Kier molecular flexibility index (Phi) is 3.74. The highest BCUT2D eigenvalue weighted by molar-refractivity contribution is 5.56. The Morgan fingerprint density at radius 3 is 2.86 bits per heavy atom. The number of hydrogen-bond donors (Lipinski definition) is 1. The van der Waals surface area contributed by atoms with Crippen molar-refractivity contribution in [1.29, 1.82) is 5.26 Å². The molecule has 0 aliphatic carbocycles. The molecule has 4 heteroatoms. The number of ether oxygens (including phenoxy) is 1. The summed E-state index contributed by atoms with van der Waals surface area (Å²) in [6.07, 6.45) is 0.347. The van der Waals surface area contributed by atoms with E-state index >= 15 is 0 Å². The predicted octanol–water partition coefficient (Wildman–Crippen LogP) is 1.88. The van der Waals surface area contributed by atoms with E-state index in [-0.39, 0.29) is 0 Å². The first-order chi connectivity index (χ1) is 6.77. The van der Waals surface area contributed by atoms with Crippen LogP contribution in [0.3, 0.4) is 0 Å². The van der Waals surface area contributed by atoms with E-state index in [0.717, 1.165) is 0 Å². The monoisotopic (exact) mass is 194 g/mol. The fraction of sp³-hybridized carbons (Fsp3) is 0.300. The third kappa shape index (κ3) is 2.63. The van der Waals surface area contributed by atoms with Crippen LogP contribution in [0.15, 0.2) is 18.2 Å². The molecule has 0 saturated heterocycles. The van der Waals surface area contributed by atoms with E-state index < -0.39 is 6.67 Å². The standard InChI is InChI=1S/C10H11FN2O/c11-4-1-5-14-10-3-2-8(7-12)6-9(10)13/h2-3,6H,1,4-5,13H2. The van der Waals surface area contributed by atoms with E-state index in [1.807, 2.05) is 6.07 Å². The molecule has 2 N–H and O–H groups in total. The van der Waals surface area contributed by atoms with E-state index in [9.17, 15) is 4.39 Å². The first-order valence-electron chi connectivity index (χ1n) is 4.26. The molecule has 3 nitrogen and oxygen atoms in total. The van der Waals surface area contributed by atoms with Gasteiger partial charge in [-0.25, -0.2) is 0 Å². The van der Waals surface area contributed by atoms with Gasteiger partial charge in [-0.05, 0) is 18.2 Å². The van der Waals surface area contributed by atoms with Gasteiger partial charge in [0, 0.05) is 6.42 Å². The summed E-state index contributed by atoms with van der Waals surface area (Å²) in [4.78, 5) is 0. The van der Waals surface area contributed by atoms with Gasteiger partial charge in [-0.15, -0.1) is 0 Å². The van der Waals surface area contributed by atoms with Crippen LogP contribution in [0.2, 0.25) is 0 Å². The minimum absolute atomic E-state index is 0.298. The molecule has 0 unspecified atom stereocenters. The second-order valence-electron chi connectivity index (χ2n) is 2.76. The number of anilines is 1. The van der Waals surface area contributed by atoms with Crippen molar-refractivity contribution in [3.05, 3.63) is 23.8 Å². The molecule has 0 saturated carbocycles. The van der Waals surface area contributed by atoms with Crippen LogP contribution in [0, 0.1) is 11.3 Å². The van der Waals surface area contributed by atoms with Crippen molar-refractivity contribution in [2.75, 3.05) is 19.0 Å². The van der Waals surface area contributed by atoms with Gasteiger partial charge in [0.25, 0.3) is 0 Å². The maximum atomic E-state index is 11.8. The number of nitrogen functional groups attached to an aromatic ring is 1. The molecule has 0 aromatic heterocycles. The minimum Gasteiger partial charge on any atom is -0.491 e. The van der Waals surface area contributed by atoms with Crippen molar-refractivity contribution in [3.8, 4) is 11.8 Å². The zero-order valence-corrected chi connectivity index (χ0v) is 7.66. The number of nitriles is 1. The van der Waals surface area contributed by atoms with Crippen LogP contribution >= 0.6 is 0 Å². The van der Waals surface area contributed by atoms with Crippen LogP contribution in [0.5, 0.6) is 5.75 Å². The van der Waals surface area contributed by atoms with Gasteiger partial charge in [-0.2, -0.15) is 5.26 Å². The lowest BCUT2D eigenvalue weighted by Crippen LogP contribution is -2.01. The van der Waals surface area contributed by atoms with Crippen molar-refractivity contribution in [3.63, 3.8) is 0 Å². The summed E-state index contributed by atoms with van der Waals surface area (Å²) < 4.78 is 17.0. The highest BCUT2D eigenvalue weighted by Crippen LogP contribution is 2.22. The second-order valence-corrected chi connectivity index (χ2v) is 2.76. The Hall–Kier alpha value is -1.76. The van der Waals surface area contributed by atoms with E-state index in [0.29, 0.717) is 30.0 Å². The topological polar surface area (TPSA) is 59.0 Å². The van der Waals surface area contributed by atoms with Crippen LogP contribution in [-0.4, -0.2) is 13.3 Å². The summed E-state index contributed by atoms with van der Waals surface area (Å²) >= 11 is 0. The number of alkyl halides is 1. The Labute approximate surface area is 81.9 Å². The molecule has 14 heavy (non-hydrogen) atoms. The molecule has 0 spiro atoms. The van der Waals surface area contributed by atoms with Gasteiger partial charge in [0.1, 0.15) is 5.75 Å². The number of nitrogens with two attached hydrogens (primary N) is 1. The van der Waals surface area contributed by atoms with Gasteiger partial charge < -0.3 is 10.5 Å². The van der Waals surface area contributed by atoms with Crippen LogP contribution in [-0.2, 0) is 0 Å². The first-order valence-corrected chi connectivity index (χ1v) is 4.26. The second kappa shape index (κ2) is 5.07. The zero-order chi connectivity index (χ0) is 10.4. The molecule has 0 bridgehead atoms. The molecule has 0 aliphatic rings. The summed E-state index contributed by atoms with van der Waals surface area (Å²) in [6.45, 7) is -0.108. The molecule has 0 atom stereocenters.